The van der Waals surface area contributed by atoms with Crippen LogP contribution in [-0.4, -0.2) is 60.4 Å². The number of guanidine groups is 1. The Bertz CT molecular complexity index is 1210. The number of alkyl halides is 3. The number of nitro benzene ring substituents is 1. The average Bonchev–Trinajstić information content (AvgIpc) is 2.88. The first-order valence-corrected chi connectivity index (χ1v) is 11.5. The van der Waals surface area contributed by atoms with Crippen LogP contribution >= 0.6 is 0 Å². The van der Waals surface area contributed by atoms with Gasteiger partial charge in [0.1, 0.15) is 6.04 Å². The van der Waals surface area contributed by atoms with E-state index in [1.54, 1.807) is 17.9 Å². The number of nitrogens with zero attached hydrogens (tertiary/aromatic N) is 4. The Morgan fingerprint density at radius 3 is 2.38 bits per heavy atom. The molecule has 1 fully saturated rings. The molecule has 1 saturated heterocycles. The predicted octanol–water partition coefficient (Wildman–Crippen LogP) is 3.14. The second kappa shape index (κ2) is 10.4. The van der Waals surface area contributed by atoms with Crippen molar-refractivity contribution in [2.24, 2.45) is 10.9 Å². The molecular weight excluding hydrogens is 495 g/mol. The summed E-state index contributed by atoms with van der Waals surface area (Å²) in [5.41, 5.74) is -0.00672. The maximum Gasteiger partial charge on any atom is 0.416 e. The molecule has 2 aliphatic heterocycles. The van der Waals surface area contributed by atoms with Crippen LogP contribution in [0.15, 0.2) is 53.5 Å². The lowest BCUT2D eigenvalue weighted by Crippen LogP contribution is -2.57. The van der Waals surface area contributed by atoms with Crippen LogP contribution in [0.2, 0.25) is 0 Å². The summed E-state index contributed by atoms with van der Waals surface area (Å²) in [7, 11) is 0. The van der Waals surface area contributed by atoms with Gasteiger partial charge < -0.3 is 14.5 Å². The highest BCUT2D eigenvalue weighted by atomic mass is 19.4. The van der Waals surface area contributed by atoms with Gasteiger partial charge in [0, 0.05) is 44.0 Å². The molecule has 0 saturated carbocycles. The number of benzene rings is 2. The van der Waals surface area contributed by atoms with E-state index in [0.29, 0.717) is 37.4 Å². The van der Waals surface area contributed by atoms with Crippen LogP contribution < -0.4 is 10.2 Å². The summed E-state index contributed by atoms with van der Waals surface area (Å²) in [6, 6.07) is 9.56. The van der Waals surface area contributed by atoms with Crippen molar-refractivity contribution in [3.05, 3.63) is 69.8 Å². The van der Waals surface area contributed by atoms with E-state index < -0.39 is 40.5 Å². The smallest absolute Gasteiger partial charge is 0.416 e. The second-order valence-electron chi connectivity index (χ2n) is 8.49. The van der Waals surface area contributed by atoms with Crippen molar-refractivity contribution >= 4 is 29.2 Å². The molecule has 1 N–H and O–H groups in total. The SMILES string of the molecule is CCOC(=O)[C@H]1C(=O)NC(N2CCN(c3cccc(C(F)(F)F)c3)CC2)=N[C@@H]1c1ccc([N+](=O)[O-])cc1. The van der Waals surface area contributed by atoms with Gasteiger partial charge in [0.2, 0.25) is 11.9 Å². The minimum Gasteiger partial charge on any atom is -0.465 e. The molecule has 0 unspecified atom stereocenters. The topological polar surface area (TPSA) is 117 Å². The van der Waals surface area contributed by atoms with E-state index >= 15 is 0 Å². The van der Waals surface area contributed by atoms with Crippen molar-refractivity contribution in [1.29, 1.82) is 0 Å². The molecule has 10 nitrogen and oxygen atoms in total. The molecule has 2 aromatic carbocycles. The second-order valence-corrected chi connectivity index (χ2v) is 8.49. The van der Waals surface area contributed by atoms with E-state index in [9.17, 15) is 32.9 Å². The van der Waals surface area contributed by atoms with Gasteiger partial charge in [-0.3, -0.25) is 25.0 Å². The zero-order valence-electron chi connectivity index (χ0n) is 19.8. The number of carbonyl (C=O) groups is 2. The molecule has 2 heterocycles. The lowest BCUT2D eigenvalue weighted by Gasteiger charge is -2.39. The Kier molecular flexibility index (Phi) is 7.32. The Labute approximate surface area is 209 Å². The normalized spacial score (nSPS) is 20.2. The van der Waals surface area contributed by atoms with Crippen LogP contribution in [0.25, 0.3) is 0 Å². The quantitative estimate of drug-likeness (QED) is 0.279. The molecule has 2 aromatic rings. The van der Waals surface area contributed by atoms with Gasteiger partial charge in [-0.05, 0) is 30.7 Å². The first-order chi connectivity index (χ1) is 17.6. The van der Waals surface area contributed by atoms with E-state index in [1.165, 1.54) is 30.3 Å². The lowest BCUT2D eigenvalue weighted by molar-refractivity contribution is -0.384. The number of anilines is 1. The number of esters is 1. The molecule has 0 radical (unpaired) electrons. The molecular formula is C24H24F3N5O5. The van der Waals surface area contributed by atoms with E-state index in [4.69, 9.17) is 4.74 Å². The lowest BCUT2D eigenvalue weighted by atomic mass is 9.91. The summed E-state index contributed by atoms with van der Waals surface area (Å²) < 4.78 is 44.4. The Morgan fingerprint density at radius 2 is 1.78 bits per heavy atom. The number of halogens is 3. The monoisotopic (exact) mass is 519 g/mol. The van der Waals surface area contributed by atoms with Crippen LogP contribution in [0.5, 0.6) is 0 Å². The molecule has 1 amide bonds. The van der Waals surface area contributed by atoms with Crippen LogP contribution in [0.1, 0.15) is 24.1 Å². The van der Waals surface area contributed by atoms with Gasteiger partial charge in [0.25, 0.3) is 5.69 Å². The molecule has 0 bridgehead atoms. The number of hydrogen-bond acceptors (Lipinski definition) is 8. The van der Waals surface area contributed by atoms with Crippen molar-refractivity contribution in [3.8, 4) is 0 Å². The third-order valence-corrected chi connectivity index (χ3v) is 6.20. The third kappa shape index (κ3) is 5.65. The molecule has 2 atom stereocenters. The van der Waals surface area contributed by atoms with Gasteiger partial charge in [-0.1, -0.05) is 18.2 Å². The standard InChI is InChI=1S/C24H24F3N5O5/c1-2-37-22(34)19-20(15-6-8-17(9-7-15)32(35)36)28-23(29-21(19)33)31-12-10-30(11-13-31)18-5-3-4-16(14-18)24(25,26)27/h3-9,14,19-20H,2,10-13H2,1H3,(H,28,29,33)/t19-,20-/m1/s1. The van der Waals surface area contributed by atoms with E-state index in [-0.39, 0.29) is 18.3 Å². The zero-order chi connectivity index (χ0) is 26.7. The highest BCUT2D eigenvalue weighted by molar-refractivity contribution is 6.08. The van der Waals surface area contributed by atoms with Crippen LogP contribution in [-0.2, 0) is 20.5 Å². The number of amides is 1. The van der Waals surface area contributed by atoms with Crippen molar-refractivity contribution in [2.45, 2.75) is 19.1 Å². The number of nitro groups is 1. The number of piperazine rings is 1. The predicted molar refractivity (Wildman–Crippen MR) is 127 cm³/mol. The largest absolute Gasteiger partial charge is 0.465 e. The van der Waals surface area contributed by atoms with Crippen molar-refractivity contribution < 1.29 is 32.4 Å². The molecule has 0 spiro atoms. The maximum atomic E-state index is 13.1. The molecule has 37 heavy (non-hydrogen) atoms. The fourth-order valence-corrected chi connectivity index (χ4v) is 4.31. The fourth-order valence-electron chi connectivity index (χ4n) is 4.31. The summed E-state index contributed by atoms with van der Waals surface area (Å²) in [6.45, 7) is 3.12. The number of rotatable bonds is 5. The van der Waals surface area contributed by atoms with E-state index in [2.05, 4.69) is 10.3 Å². The zero-order valence-corrected chi connectivity index (χ0v) is 19.8. The van der Waals surface area contributed by atoms with Gasteiger partial charge in [-0.2, -0.15) is 13.2 Å². The fraction of sp³-hybridized carbons (Fsp3) is 0.375. The van der Waals surface area contributed by atoms with E-state index in [1.807, 2.05) is 4.90 Å². The number of hydrogen-bond donors (Lipinski definition) is 1. The summed E-state index contributed by atoms with van der Waals surface area (Å²) >= 11 is 0. The van der Waals surface area contributed by atoms with Crippen molar-refractivity contribution in [2.75, 3.05) is 37.7 Å². The van der Waals surface area contributed by atoms with Gasteiger partial charge in [-0.25, -0.2) is 4.99 Å². The third-order valence-electron chi connectivity index (χ3n) is 6.20. The molecule has 13 heteroatoms. The van der Waals surface area contributed by atoms with Gasteiger partial charge in [0.05, 0.1) is 17.1 Å². The number of ether oxygens (including phenoxy) is 1. The molecule has 2 aliphatic rings. The van der Waals surface area contributed by atoms with Crippen molar-refractivity contribution in [1.82, 2.24) is 10.2 Å². The molecule has 0 aliphatic carbocycles. The number of aliphatic imine (C=N–C) groups is 1. The van der Waals surface area contributed by atoms with E-state index in [0.717, 1.165) is 12.1 Å². The van der Waals surface area contributed by atoms with Crippen molar-refractivity contribution in [3.63, 3.8) is 0 Å². The van der Waals surface area contributed by atoms with Gasteiger partial charge in [0.15, 0.2) is 5.92 Å². The van der Waals surface area contributed by atoms with Crippen LogP contribution in [0.3, 0.4) is 0 Å². The Balaban J connectivity index is 1.55. The Hall–Kier alpha value is -4.16. The summed E-state index contributed by atoms with van der Waals surface area (Å²) in [5.74, 6) is -2.44. The van der Waals surface area contributed by atoms with Crippen LogP contribution in [0, 0.1) is 16.0 Å². The van der Waals surface area contributed by atoms with Gasteiger partial charge in [-0.15, -0.1) is 0 Å². The number of non-ortho nitro benzene ring substituents is 1. The highest BCUT2D eigenvalue weighted by Gasteiger charge is 2.42. The first kappa shape index (κ1) is 25.9. The minimum atomic E-state index is -4.44. The summed E-state index contributed by atoms with van der Waals surface area (Å²) in [6.07, 6.45) is -4.44. The maximum absolute atomic E-state index is 13.1. The molecule has 196 valence electrons. The average molecular weight is 519 g/mol. The minimum absolute atomic E-state index is 0.0592. The highest BCUT2D eigenvalue weighted by Crippen LogP contribution is 2.33. The molecule has 0 aromatic heterocycles. The Morgan fingerprint density at radius 1 is 1.14 bits per heavy atom. The number of carbonyl (C=O) groups excluding carboxylic acids is 2. The summed E-state index contributed by atoms with van der Waals surface area (Å²) in [4.78, 5) is 44.2. The van der Waals surface area contributed by atoms with Gasteiger partial charge >= 0.3 is 12.1 Å². The van der Waals surface area contributed by atoms with Crippen LogP contribution in [0.4, 0.5) is 24.5 Å². The summed E-state index contributed by atoms with van der Waals surface area (Å²) in [5, 5.41) is 13.7. The molecule has 4 rings (SSSR count). The number of nitrogens with one attached hydrogen (secondary N) is 1. The first-order valence-electron chi connectivity index (χ1n) is 11.5.